The Kier molecular flexibility index (Phi) is 6.00. The zero-order valence-electron chi connectivity index (χ0n) is 9.66. The molecule has 18 heavy (non-hydrogen) atoms. The summed E-state index contributed by atoms with van der Waals surface area (Å²) in [5.41, 5.74) is 0.00938. The van der Waals surface area contributed by atoms with E-state index in [9.17, 15) is 14.5 Å². The Bertz CT molecular complexity index is 429. The molecule has 5 nitrogen and oxygen atoms in total. The number of unbranched alkanes of at least 4 members (excludes halogenated alkanes) is 2. The lowest BCUT2D eigenvalue weighted by Crippen LogP contribution is -2.05. The number of hydrogen-bond donors (Lipinski definition) is 2. The number of rotatable bonds is 7. The molecule has 0 bridgehead atoms. The average Bonchev–Trinajstić information content (AvgIpc) is 2.32. The van der Waals surface area contributed by atoms with E-state index in [1.165, 1.54) is 6.07 Å². The van der Waals surface area contributed by atoms with E-state index in [-0.39, 0.29) is 22.5 Å². The summed E-state index contributed by atoms with van der Waals surface area (Å²) in [4.78, 5) is 10.2. The smallest absolute Gasteiger partial charge is 0.295 e. The van der Waals surface area contributed by atoms with Crippen LogP contribution in [0, 0.1) is 15.9 Å². The van der Waals surface area contributed by atoms with Gasteiger partial charge in [-0.1, -0.05) is 0 Å². The Morgan fingerprint density at radius 3 is 2.72 bits per heavy atom. The van der Waals surface area contributed by atoms with Crippen molar-refractivity contribution in [2.75, 3.05) is 18.5 Å². The van der Waals surface area contributed by atoms with Gasteiger partial charge in [-0.15, -0.1) is 0 Å². The third kappa shape index (κ3) is 4.23. The molecule has 0 saturated heterocycles. The maximum absolute atomic E-state index is 13.2. The summed E-state index contributed by atoms with van der Waals surface area (Å²) in [6.45, 7) is 0.682. The van der Waals surface area contributed by atoms with Gasteiger partial charge in [-0.25, -0.2) is 4.39 Å². The van der Waals surface area contributed by atoms with Crippen LogP contribution in [0.2, 0.25) is 0 Å². The Labute approximate surface area is 112 Å². The number of halogens is 2. The minimum Gasteiger partial charge on any atom is -0.396 e. The highest BCUT2D eigenvalue weighted by Crippen LogP contribution is 2.30. The van der Waals surface area contributed by atoms with Gasteiger partial charge in [0.05, 0.1) is 15.5 Å². The number of nitro benzene ring substituents is 1. The molecule has 0 aliphatic carbocycles. The summed E-state index contributed by atoms with van der Waals surface area (Å²) in [6.07, 6.45) is 2.32. The second-order valence-corrected chi connectivity index (χ2v) is 4.61. The fourth-order valence-electron chi connectivity index (χ4n) is 1.47. The normalized spacial score (nSPS) is 10.4. The number of nitrogens with one attached hydrogen (secondary N) is 1. The quantitative estimate of drug-likeness (QED) is 0.460. The molecule has 0 aliphatic rings. The standard InChI is InChI=1S/C11H14BrFN2O3/c12-8-6-10(14-4-2-1-3-5-16)11(15(17)18)7-9(8)13/h6-7,14,16H,1-5H2. The summed E-state index contributed by atoms with van der Waals surface area (Å²) in [7, 11) is 0. The molecule has 0 radical (unpaired) electrons. The fraction of sp³-hybridized carbons (Fsp3) is 0.455. The summed E-state index contributed by atoms with van der Waals surface area (Å²) in [5, 5.41) is 22.3. The lowest BCUT2D eigenvalue weighted by atomic mass is 10.2. The fourth-order valence-corrected chi connectivity index (χ4v) is 1.81. The van der Waals surface area contributed by atoms with Crippen molar-refractivity contribution >= 4 is 27.3 Å². The second kappa shape index (κ2) is 7.27. The molecule has 0 unspecified atom stereocenters. The van der Waals surface area contributed by atoms with Crippen LogP contribution < -0.4 is 5.32 Å². The van der Waals surface area contributed by atoms with E-state index in [1.54, 1.807) is 0 Å². The summed E-state index contributed by atoms with van der Waals surface area (Å²) in [5.74, 6) is -0.660. The van der Waals surface area contributed by atoms with Gasteiger partial charge in [-0.05, 0) is 41.3 Å². The van der Waals surface area contributed by atoms with Crippen molar-refractivity contribution in [3.63, 3.8) is 0 Å². The van der Waals surface area contributed by atoms with Crippen LogP contribution in [0.25, 0.3) is 0 Å². The molecule has 0 spiro atoms. The predicted molar refractivity (Wildman–Crippen MR) is 70.2 cm³/mol. The van der Waals surface area contributed by atoms with Crippen LogP contribution in [0.4, 0.5) is 15.8 Å². The highest BCUT2D eigenvalue weighted by atomic mass is 79.9. The van der Waals surface area contributed by atoms with E-state index in [0.29, 0.717) is 13.0 Å². The molecule has 0 aliphatic heterocycles. The van der Waals surface area contributed by atoms with Gasteiger partial charge in [0.25, 0.3) is 5.69 Å². The number of nitro groups is 1. The van der Waals surface area contributed by atoms with Crippen LogP contribution in [0.3, 0.4) is 0 Å². The minimum atomic E-state index is -0.660. The van der Waals surface area contributed by atoms with Gasteiger partial charge in [-0.3, -0.25) is 10.1 Å². The van der Waals surface area contributed by atoms with Crippen molar-refractivity contribution < 1.29 is 14.4 Å². The number of aliphatic hydroxyl groups excluding tert-OH is 1. The van der Waals surface area contributed by atoms with Gasteiger partial charge >= 0.3 is 0 Å². The Hall–Kier alpha value is -1.21. The van der Waals surface area contributed by atoms with E-state index < -0.39 is 10.7 Å². The molecule has 100 valence electrons. The van der Waals surface area contributed by atoms with Gasteiger partial charge in [0.1, 0.15) is 11.5 Å². The maximum Gasteiger partial charge on any atom is 0.295 e. The number of benzene rings is 1. The number of anilines is 1. The van der Waals surface area contributed by atoms with E-state index >= 15 is 0 Å². The van der Waals surface area contributed by atoms with Crippen LogP contribution >= 0.6 is 15.9 Å². The number of aliphatic hydroxyl groups is 1. The molecule has 0 saturated carbocycles. The molecule has 0 amide bonds. The monoisotopic (exact) mass is 320 g/mol. The van der Waals surface area contributed by atoms with Gasteiger partial charge in [-0.2, -0.15) is 0 Å². The molecule has 1 aromatic carbocycles. The van der Waals surface area contributed by atoms with Crippen molar-refractivity contribution in [3.8, 4) is 0 Å². The van der Waals surface area contributed by atoms with E-state index in [4.69, 9.17) is 5.11 Å². The van der Waals surface area contributed by atoms with Gasteiger partial charge < -0.3 is 10.4 Å². The third-order valence-electron chi connectivity index (χ3n) is 2.39. The van der Waals surface area contributed by atoms with Crippen LogP contribution in [-0.4, -0.2) is 23.2 Å². The van der Waals surface area contributed by atoms with E-state index in [1.807, 2.05) is 0 Å². The van der Waals surface area contributed by atoms with Gasteiger partial charge in [0, 0.05) is 13.2 Å². The molecule has 0 fully saturated rings. The summed E-state index contributed by atoms with van der Waals surface area (Å²) >= 11 is 2.99. The van der Waals surface area contributed by atoms with E-state index in [0.717, 1.165) is 18.9 Å². The second-order valence-electron chi connectivity index (χ2n) is 3.75. The Morgan fingerprint density at radius 1 is 1.39 bits per heavy atom. The van der Waals surface area contributed by atoms with Crippen molar-refractivity contribution in [2.45, 2.75) is 19.3 Å². The first-order valence-electron chi connectivity index (χ1n) is 5.54. The lowest BCUT2D eigenvalue weighted by molar-refractivity contribution is -0.384. The van der Waals surface area contributed by atoms with Crippen molar-refractivity contribution in [3.05, 3.63) is 32.5 Å². The van der Waals surface area contributed by atoms with Crippen LogP contribution in [0.5, 0.6) is 0 Å². The number of hydrogen-bond acceptors (Lipinski definition) is 4. The molecule has 7 heteroatoms. The maximum atomic E-state index is 13.2. The predicted octanol–water partition coefficient (Wildman–Crippen LogP) is 3.07. The molecular formula is C11H14BrFN2O3. The van der Waals surface area contributed by atoms with Crippen LogP contribution in [-0.2, 0) is 0 Å². The van der Waals surface area contributed by atoms with Crippen molar-refractivity contribution in [2.24, 2.45) is 0 Å². The molecule has 1 rings (SSSR count). The topological polar surface area (TPSA) is 75.4 Å². The summed E-state index contributed by atoms with van der Waals surface area (Å²) < 4.78 is 13.4. The largest absolute Gasteiger partial charge is 0.396 e. The first-order valence-corrected chi connectivity index (χ1v) is 6.33. The Balaban J connectivity index is 2.68. The first kappa shape index (κ1) is 14.8. The van der Waals surface area contributed by atoms with E-state index in [2.05, 4.69) is 21.2 Å². The highest BCUT2D eigenvalue weighted by molar-refractivity contribution is 9.10. The van der Waals surface area contributed by atoms with Crippen LogP contribution in [0.1, 0.15) is 19.3 Å². The zero-order chi connectivity index (χ0) is 13.5. The lowest BCUT2D eigenvalue weighted by Gasteiger charge is -2.07. The van der Waals surface area contributed by atoms with Crippen molar-refractivity contribution in [1.82, 2.24) is 0 Å². The zero-order valence-corrected chi connectivity index (χ0v) is 11.2. The summed E-state index contributed by atoms with van der Waals surface area (Å²) in [6, 6.07) is 2.25. The highest BCUT2D eigenvalue weighted by Gasteiger charge is 2.17. The third-order valence-corrected chi connectivity index (χ3v) is 2.99. The Morgan fingerprint density at radius 2 is 2.11 bits per heavy atom. The van der Waals surface area contributed by atoms with Crippen molar-refractivity contribution in [1.29, 1.82) is 0 Å². The van der Waals surface area contributed by atoms with Gasteiger partial charge in [0.2, 0.25) is 0 Å². The first-order chi connectivity index (χ1) is 8.56. The molecule has 2 N–H and O–H groups in total. The van der Waals surface area contributed by atoms with Crippen LogP contribution in [0.15, 0.2) is 16.6 Å². The molecular weight excluding hydrogens is 307 g/mol. The molecule has 1 aromatic rings. The van der Waals surface area contributed by atoms with Gasteiger partial charge in [0.15, 0.2) is 0 Å². The number of nitrogens with zero attached hydrogens (tertiary/aromatic N) is 1. The molecule has 0 atom stereocenters. The molecule has 0 heterocycles. The SMILES string of the molecule is O=[N+]([O-])c1cc(F)c(Br)cc1NCCCCCO. The minimum absolute atomic E-state index is 0.141. The average molecular weight is 321 g/mol. The molecule has 0 aromatic heterocycles.